The largest absolute Gasteiger partial charge is 0.466 e. The minimum Gasteiger partial charge on any atom is -0.466 e. The van der Waals surface area contributed by atoms with E-state index in [-0.39, 0.29) is 18.5 Å². The third-order valence-electron chi connectivity index (χ3n) is 4.51. The van der Waals surface area contributed by atoms with Crippen molar-refractivity contribution in [3.63, 3.8) is 0 Å². The highest BCUT2D eigenvalue weighted by Gasteiger charge is 2.36. The molecule has 1 aromatic carbocycles. The van der Waals surface area contributed by atoms with Crippen molar-refractivity contribution >= 4 is 17.8 Å². The summed E-state index contributed by atoms with van der Waals surface area (Å²) >= 11 is 0. The average Bonchev–Trinajstić information content (AvgIpc) is 2.87. The van der Waals surface area contributed by atoms with Gasteiger partial charge in [0.25, 0.3) is 11.8 Å². The Bertz CT molecular complexity index is 640. The van der Waals surface area contributed by atoms with Crippen molar-refractivity contribution in [1.82, 2.24) is 9.96 Å². The van der Waals surface area contributed by atoms with Gasteiger partial charge in [0.15, 0.2) is 0 Å². The van der Waals surface area contributed by atoms with E-state index in [2.05, 4.69) is 4.90 Å². The number of hydrogen-bond acceptors (Lipinski definition) is 6. The topological polar surface area (TPSA) is 76.2 Å². The van der Waals surface area contributed by atoms with Crippen molar-refractivity contribution in [3.8, 4) is 0 Å². The van der Waals surface area contributed by atoms with Crippen LogP contribution in [0.4, 0.5) is 0 Å². The maximum absolute atomic E-state index is 12.2. The number of piperidine rings is 1. The van der Waals surface area contributed by atoms with E-state index < -0.39 is 11.8 Å². The molecule has 2 aliphatic heterocycles. The average molecular weight is 346 g/mol. The van der Waals surface area contributed by atoms with E-state index in [0.29, 0.717) is 30.8 Å². The van der Waals surface area contributed by atoms with Gasteiger partial charge in [-0.2, -0.15) is 0 Å². The molecule has 0 radical (unpaired) electrons. The number of hydroxylamine groups is 2. The van der Waals surface area contributed by atoms with E-state index >= 15 is 0 Å². The number of rotatable bonds is 6. The first-order chi connectivity index (χ1) is 12.1. The Balaban J connectivity index is 1.50. The van der Waals surface area contributed by atoms with Gasteiger partial charge in [0.1, 0.15) is 0 Å². The van der Waals surface area contributed by atoms with Crippen LogP contribution in [-0.2, 0) is 14.4 Å². The van der Waals surface area contributed by atoms with E-state index in [9.17, 15) is 14.4 Å². The zero-order chi connectivity index (χ0) is 17.8. The van der Waals surface area contributed by atoms with Crippen molar-refractivity contribution in [3.05, 3.63) is 35.4 Å². The number of imide groups is 1. The summed E-state index contributed by atoms with van der Waals surface area (Å²) in [5, 5.41) is 0.831. The summed E-state index contributed by atoms with van der Waals surface area (Å²) < 4.78 is 5.09. The van der Waals surface area contributed by atoms with Crippen molar-refractivity contribution in [2.45, 2.75) is 19.8 Å². The first kappa shape index (κ1) is 17.6. The monoisotopic (exact) mass is 346 g/mol. The van der Waals surface area contributed by atoms with E-state index in [4.69, 9.17) is 9.57 Å². The number of ether oxygens (including phenoxy) is 1. The predicted molar refractivity (Wildman–Crippen MR) is 88.7 cm³/mol. The lowest BCUT2D eigenvalue weighted by atomic mass is 9.98. The van der Waals surface area contributed by atoms with Gasteiger partial charge in [-0.05, 0) is 38.4 Å². The summed E-state index contributed by atoms with van der Waals surface area (Å²) in [5.74, 6) is -1.13. The summed E-state index contributed by atoms with van der Waals surface area (Å²) in [6.45, 7) is 4.42. The van der Waals surface area contributed by atoms with Crippen LogP contribution < -0.4 is 0 Å². The molecule has 134 valence electrons. The van der Waals surface area contributed by atoms with E-state index in [1.807, 2.05) is 0 Å². The van der Waals surface area contributed by atoms with E-state index in [1.165, 1.54) is 0 Å². The number of esters is 1. The molecule has 0 spiro atoms. The second-order valence-corrected chi connectivity index (χ2v) is 6.18. The van der Waals surface area contributed by atoms with Gasteiger partial charge in [0.2, 0.25) is 0 Å². The van der Waals surface area contributed by atoms with Gasteiger partial charge in [-0.15, -0.1) is 5.06 Å². The summed E-state index contributed by atoms with van der Waals surface area (Å²) in [7, 11) is 0. The molecule has 2 aliphatic rings. The molecule has 1 saturated heterocycles. The van der Waals surface area contributed by atoms with Gasteiger partial charge in [-0.1, -0.05) is 12.1 Å². The van der Waals surface area contributed by atoms with Crippen LogP contribution in [0, 0.1) is 5.92 Å². The first-order valence-corrected chi connectivity index (χ1v) is 8.61. The molecule has 0 aliphatic carbocycles. The number of benzene rings is 1. The highest BCUT2D eigenvalue weighted by atomic mass is 16.7. The fourth-order valence-electron chi connectivity index (χ4n) is 3.26. The van der Waals surface area contributed by atoms with Crippen LogP contribution in [0.2, 0.25) is 0 Å². The Kier molecular flexibility index (Phi) is 5.45. The van der Waals surface area contributed by atoms with Crippen LogP contribution >= 0.6 is 0 Å². The molecular formula is C18H22N2O5. The van der Waals surface area contributed by atoms with E-state index in [1.54, 1.807) is 31.2 Å². The summed E-state index contributed by atoms with van der Waals surface area (Å²) in [4.78, 5) is 43.8. The molecule has 1 atom stereocenters. The third-order valence-corrected chi connectivity index (χ3v) is 4.51. The molecule has 7 heteroatoms. The molecule has 2 amide bonds. The van der Waals surface area contributed by atoms with Crippen molar-refractivity contribution in [2.24, 2.45) is 5.92 Å². The zero-order valence-corrected chi connectivity index (χ0v) is 14.3. The van der Waals surface area contributed by atoms with Gasteiger partial charge in [0, 0.05) is 13.1 Å². The molecule has 1 fully saturated rings. The minimum absolute atomic E-state index is 0.118. The zero-order valence-electron chi connectivity index (χ0n) is 14.3. The lowest BCUT2D eigenvalue weighted by Gasteiger charge is -2.31. The fourth-order valence-corrected chi connectivity index (χ4v) is 3.26. The molecule has 0 saturated carbocycles. The third kappa shape index (κ3) is 3.72. The molecule has 1 aromatic rings. The maximum Gasteiger partial charge on any atom is 0.310 e. The predicted octanol–water partition coefficient (Wildman–Crippen LogP) is 1.49. The number of amides is 2. The van der Waals surface area contributed by atoms with Gasteiger partial charge in [-0.3, -0.25) is 19.2 Å². The molecule has 25 heavy (non-hydrogen) atoms. The Morgan fingerprint density at radius 3 is 2.52 bits per heavy atom. The van der Waals surface area contributed by atoms with Crippen LogP contribution in [0.15, 0.2) is 24.3 Å². The highest BCUT2D eigenvalue weighted by Crippen LogP contribution is 2.23. The first-order valence-electron chi connectivity index (χ1n) is 8.61. The molecule has 0 aromatic heterocycles. The van der Waals surface area contributed by atoms with Crippen molar-refractivity contribution < 1.29 is 24.0 Å². The number of hydrogen-bond donors (Lipinski definition) is 0. The maximum atomic E-state index is 12.2. The van der Waals surface area contributed by atoms with Crippen LogP contribution in [0.5, 0.6) is 0 Å². The Hall–Kier alpha value is -2.25. The van der Waals surface area contributed by atoms with Gasteiger partial charge in [0.05, 0.1) is 30.3 Å². The van der Waals surface area contributed by atoms with Crippen LogP contribution in [-0.4, -0.2) is 60.6 Å². The summed E-state index contributed by atoms with van der Waals surface area (Å²) in [6, 6.07) is 6.68. The summed E-state index contributed by atoms with van der Waals surface area (Å²) in [6.07, 6.45) is 1.74. The number of likely N-dealkylation sites (tertiary alicyclic amines) is 1. The molecule has 7 nitrogen and oxygen atoms in total. The molecule has 0 bridgehead atoms. The molecule has 1 unspecified atom stereocenters. The van der Waals surface area contributed by atoms with Crippen molar-refractivity contribution in [2.75, 3.05) is 32.8 Å². The number of carbonyl (C=O) groups excluding carboxylic acids is 3. The standard InChI is InChI=1S/C18H22N2O5/c1-2-24-18(23)13-6-5-9-19(12-13)10-11-25-20-16(21)14-7-3-4-8-15(14)17(20)22/h3-4,7-8,13H,2,5-6,9-12H2,1H3. The normalized spacial score (nSPS) is 20.7. The molecular weight excluding hydrogens is 324 g/mol. The fraction of sp³-hybridized carbons (Fsp3) is 0.500. The van der Waals surface area contributed by atoms with E-state index in [0.717, 1.165) is 24.4 Å². The van der Waals surface area contributed by atoms with Gasteiger partial charge in [-0.25, -0.2) is 0 Å². The van der Waals surface area contributed by atoms with Gasteiger partial charge >= 0.3 is 5.97 Å². The van der Waals surface area contributed by atoms with Crippen LogP contribution in [0.3, 0.4) is 0 Å². The second kappa shape index (κ2) is 7.76. The number of nitrogens with zero attached hydrogens (tertiary/aromatic N) is 2. The van der Waals surface area contributed by atoms with Crippen LogP contribution in [0.25, 0.3) is 0 Å². The smallest absolute Gasteiger partial charge is 0.310 e. The number of fused-ring (bicyclic) bond motifs is 1. The lowest BCUT2D eigenvalue weighted by molar-refractivity contribution is -0.150. The van der Waals surface area contributed by atoms with Gasteiger partial charge < -0.3 is 9.64 Å². The Morgan fingerprint density at radius 1 is 1.20 bits per heavy atom. The minimum atomic E-state index is -0.427. The van der Waals surface area contributed by atoms with Crippen molar-refractivity contribution in [1.29, 1.82) is 0 Å². The number of carbonyl (C=O) groups is 3. The SMILES string of the molecule is CCOC(=O)C1CCCN(CCON2C(=O)c3ccccc3C2=O)C1. The molecule has 3 rings (SSSR count). The summed E-state index contributed by atoms with van der Waals surface area (Å²) in [5.41, 5.74) is 0.737. The molecule has 2 heterocycles. The lowest BCUT2D eigenvalue weighted by Crippen LogP contribution is -2.42. The Morgan fingerprint density at radius 2 is 1.88 bits per heavy atom. The van der Waals surface area contributed by atoms with Crippen LogP contribution in [0.1, 0.15) is 40.5 Å². The second-order valence-electron chi connectivity index (χ2n) is 6.18. The highest BCUT2D eigenvalue weighted by molar-refractivity contribution is 6.20. The molecule has 0 N–H and O–H groups in total. The quantitative estimate of drug-likeness (QED) is 0.574. The Labute approximate surface area is 146 Å².